The average Bonchev–Trinajstić information content (AvgIpc) is 2.28. The lowest BCUT2D eigenvalue weighted by Gasteiger charge is -2.07. The van der Waals surface area contributed by atoms with E-state index in [1.54, 1.807) is 38.3 Å². The molecule has 0 fully saturated rings. The minimum atomic E-state index is -0.338. The molecule has 1 rings (SSSR count). The van der Waals surface area contributed by atoms with Crippen LogP contribution in [0.4, 0.5) is 0 Å². The highest BCUT2D eigenvalue weighted by atomic mass is 16.5. The van der Waals surface area contributed by atoms with Crippen LogP contribution in [0, 0.1) is 0 Å². The second kappa shape index (κ2) is 5.20. The Morgan fingerprint density at radius 2 is 2.27 bits per heavy atom. The Morgan fingerprint density at radius 3 is 2.80 bits per heavy atom. The molecule has 0 radical (unpaired) electrons. The molecule has 0 aliphatic heterocycles. The van der Waals surface area contributed by atoms with E-state index in [0.29, 0.717) is 23.5 Å². The van der Waals surface area contributed by atoms with Crippen molar-refractivity contribution in [3.63, 3.8) is 0 Å². The van der Waals surface area contributed by atoms with E-state index in [1.807, 2.05) is 0 Å². The lowest BCUT2D eigenvalue weighted by molar-refractivity contribution is 0.0526. The molecule has 0 aliphatic carbocycles. The van der Waals surface area contributed by atoms with Gasteiger partial charge in [0.1, 0.15) is 5.75 Å². The number of benzene rings is 1. The summed E-state index contributed by atoms with van der Waals surface area (Å²) in [5.41, 5.74) is 1.22. The first kappa shape index (κ1) is 11.3. The van der Waals surface area contributed by atoms with Crippen LogP contribution in [0.2, 0.25) is 0 Å². The third-order valence-corrected chi connectivity index (χ3v) is 1.97. The number of ether oxygens (including phenoxy) is 2. The van der Waals surface area contributed by atoms with E-state index in [-0.39, 0.29) is 5.97 Å². The lowest BCUT2D eigenvalue weighted by Crippen LogP contribution is -2.06. The van der Waals surface area contributed by atoms with E-state index in [9.17, 15) is 4.79 Å². The van der Waals surface area contributed by atoms with Gasteiger partial charge < -0.3 is 9.47 Å². The summed E-state index contributed by atoms with van der Waals surface area (Å²) in [6.45, 7) is 5.78. The molecule has 3 heteroatoms. The minimum absolute atomic E-state index is 0.338. The predicted molar refractivity (Wildman–Crippen MR) is 59.0 cm³/mol. The Labute approximate surface area is 89.3 Å². The third kappa shape index (κ3) is 2.59. The minimum Gasteiger partial charge on any atom is -0.497 e. The molecule has 0 heterocycles. The van der Waals surface area contributed by atoms with Gasteiger partial charge in [-0.1, -0.05) is 12.7 Å². The van der Waals surface area contributed by atoms with Crippen LogP contribution < -0.4 is 4.74 Å². The molecule has 3 nitrogen and oxygen atoms in total. The lowest BCUT2D eigenvalue weighted by atomic mass is 10.1. The first-order valence-corrected chi connectivity index (χ1v) is 4.70. The number of esters is 1. The van der Waals surface area contributed by atoms with Gasteiger partial charge in [-0.05, 0) is 30.7 Å². The first-order valence-electron chi connectivity index (χ1n) is 4.70. The Bertz CT molecular complexity index is 369. The number of carbonyl (C=O) groups excluding carboxylic acids is 1. The topological polar surface area (TPSA) is 35.5 Å². The summed E-state index contributed by atoms with van der Waals surface area (Å²) >= 11 is 0. The molecular formula is C12H14O3. The van der Waals surface area contributed by atoms with Crippen molar-refractivity contribution in [2.45, 2.75) is 6.92 Å². The summed E-state index contributed by atoms with van der Waals surface area (Å²) in [6.07, 6.45) is 1.61. The van der Waals surface area contributed by atoms with Crippen LogP contribution in [0.25, 0.3) is 6.08 Å². The summed E-state index contributed by atoms with van der Waals surface area (Å²) in [5.74, 6) is 0.355. The Hall–Kier alpha value is -1.77. The zero-order chi connectivity index (χ0) is 11.3. The van der Waals surface area contributed by atoms with Gasteiger partial charge in [0.15, 0.2) is 0 Å². The van der Waals surface area contributed by atoms with Gasteiger partial charge in [-0.15, -0.1) is 0 Å². The summed E-state index contributed by atoms with van der Waals surface area (Å²) in [5, 5.41) is 0. The highest BCUT2D eigenvalue weighted by Gasteiger charge is 2.10. The van der Waals surface area contributed by atoms with Crippen molar-refractivity contribution < 1.29 is 14.3 Å². The fourth-order valence-electron chi connectivity index (χ4n) is 1.23. The summed E-state index contributed by atoms with van der Waals surface area (Å²) in [7, 11) is 1.58. The van der Waals surface area contributed by atoms with Crippen LogP contribution >= 0.6 is 0 Å². The van der Waals surface area contributed by atoms with Gasteiger partial charge in [-0.25, -0.2) is 4.79 Å². The highest BCUT2D eigenvalue weighted by molar-refractivity contribution is 5.93. The standard InChI is InChI=1S/C12H14O3/c1-4-9-8-10(14-3)6-7-11(9)12(13)15-5-2/h4,6-8H,1,5H2,2-3H3. The summed E-state index contributed by atoms with van der Waals surface area (Å²) in [4.78, 5) is 11.5. The van der Waals surface area contributed by atoms with E-state index in [2.05, 4.69) is 6.58 Å². The maximum Gasteiger partial charge on any atom is 0.338 e. The predicted octanol–water partition coefficient (Wildman–Crippen LogP) is 2.51. The molecule has 0 bridgehead atoms. The number of methoxy groups -OCH3 is 1. The van der Waals surface area contributed by atoms with Crippen LogP contribution in [0.5, 0.6) is 5.75 Å². The van der Waals surface area contributed by atoms with E-state index in [1.165, 1.54) is 0 Å². The van der Waals surface area contributed by atoms with Crippen molar-refractivity contribution in [2.75, 3.05) is 13.7 Å². The second-order valence-corrected chi connectivity index (χ2v) is 2.88. The van der Waals surface area contributed by atoms with Gasteiger partial charge in [0.05, 0.1) is 19.3 Å². The number of carbonyl (C=O) groups is 1. The molecule has 0 atom stereocenters. The molecule has 0 N–H and O–H groups in total. The molecule has 0 aliphatic rings. The third-order valence-electron chi connectivity index (χ3n) is 1.97. The fraction of sp³-hybridized carbons (Fsp3) is 0.250. The van der Waals surface area contributed by atoms with Crippen molar-refractivity contribution in [3.05, 3.63) is 35.9 Å². The molecule has 0 amide bonds. The molecular weight excluding hydrogens is 192 g/mol. The van der Waals surface area contributed by atoms with Crippen molar-refractivity contribution in [2.24, 2.45) is 0 Å². The van der Waals surface area contributed by atoms with Crippen LogP contribution in [0.1, 0.15) is 22.8 Å². The molecule has 0 unspecified atom stereocenters. The van der Waals surface area contributed by atoms with Crippen LogP contribution in [-0.4, -0.2) is 19.7 Å². The quantitative estimate of drug-likeness (QED) is 0.710. The molecule has 1 aromatic rings. The zero-order valence-corrected chi connectivity index (χ0v) is 8.95. The highest BCUT2D eigenvalue weighted by Crippen LogP contribution is 2.19. The zero-order valence-electron chi connectivity index (χ0n) is 8.95. The van der Waals surface area contributed by atoms with E-state index in [4.69, 9.17) is 9.47 Å². The Balaban J connectivity index is 3.07. The molecule has 0 spiro atoms. The average molecular weight is 206 g/mol. The molecule has 1 aromatic carbocycles. The molecule has 80 valence electrons. The van der Waals surface area contributed by atoms with E-state index in [0.717, 1.165) is 0 Å². The largest absolute Gasteiger partial charge is 0.497 e. The molecule has 0 saturated carbocycles. The monoisotopic (exact) mass is 206 g/mol. The van der Waals surface area contributed by atoms with Crippen LogP contribution in [-0.2, 0) is 4.74 Å². The fourth-order valence-corrected chi connectivity index (χ4v) is 1.23. The molecule has 0 saturated heterocycles. The number of hydrogen-bond acceptors (Lipinski definition) is 3. The van der Waals surface area contributed by atoms with E-state index < -0.39 is 0 Å². The second-order valence-electron chi connectivity index (χ2n) is 2.88. The maximum absolute atomic E-state index is 11.5. The number of hydrogen-bond donors (Lipinski definition) is 0. The van der Waals surface area contributed by atoms with Crippen molar-refractivity contribution >= 4 is 12.0 Å². The van der Waals surface area contributed by atoms with Gasteiger partial charge >= 0.3 is 5.97 Å². The van der Waals surface area contributed by atoms with Crippen molar-refractivity contribution in [3.8, 4) is 5.75 Å². The normalized spacial score (nSPS) is 9.47. The number of rotatable bonds is 4. The summed E-state index contributed by atoms with van der Waals surface area (Å²) in [6, 6.07) is 5.15. The van der Waals surface area contributed by atoms with Gasteiger partial charge in [-0.2, -0.15) is 0 Å². The van der Waals surface area contributed by atoms with Gasteiger partial charge in [-0.3, -0.25) is 0 Å². The van der Waals surface area contributed by atoms with Crippen LogP contribution in [0.3, 0.4) is 0 Å². The summed E-state index contributed by atoms with van der Waals surface area (Å²) < 4.78 is 9.97. The van der Waals surface area contributed by atoms with Crippen molar-refractivity contribution in [1.82, 2.24) is 0 Å². The first-order chi connectivity index (χ1) is 7.22. The Kier molecular flexibility index (Phi) is 3.92. The van der Waals surface area contributed by atoms with Gasteiger partial charge in [0.25, 0.3) is 0 Å². The molecule has 0 aromatic heterocycles. The van der Waals surface area contributed by atoms with Crippen LogP contribution in [0.15, 0.2) is 24.8 Å². The van der Waals surface area contributed by atoms with Crippen molar-refractivity contribution in [1.29, 1.82) is 0 Å². The van der Waals surface area contributed by atoms with E-state index >= 15 is 0 Å². The van der Waals surface area contributed by atoms with Gasteiger partial charge in [0.2, 0.25) is 0 Å². The molecule has 15 heavy (non-hydrogen) atoms. The van der Waals surface area contributed by atoms with Gasteiger partial charge in [0, 0.05) is 0 Å². The maximum atomic E-state index is 11.5. The SMILES string of the molecule is C=Cc1cc(OC)ccc1C(=O)OCC. The smallest absolute Gasteiger partial charge is 0.338 e. The Morgan fingerprint density at radius 1 is 1.53 bits per heavy atom.